The normalized spacial score (nSPS) is 12.1. The molecule has 0 saturated carbocycles. The van der Waals surface area contributed by atoms with E-state index in [9.17, 15) is 19.8 Å². The first kappa shape index (κ1) is 26.4. The van der Waals surface area contributed by atoms with Crippen molar-refractivity contribution in [1.82, 2.24) is 15.5 Å². The summed E-state index contributed by atoms with van der Waals surface area (Å²) >= 11 is 0. The van der Waals surface area contributed by atoms with E-state index in [0.717, 1.165) is 11.1 Å². The van der Waals surface area contributed by atoms with Crippen molar-refractivity contribution in [2.45, 2.75) is 38.6 Å². The number of carbonyl (C=O) groups is 2. The average Bonchev–Trinajstić information content (AvgIpc) is 3.39. The molecule has 3 N–H and O–H groups in total. The molecular weight excluding hydrogens is 486 g/mol. The Labute approximate surface area is 220 Å². The molecule has 0 fully saturated rings. The third-order valence-electron chi connectivity index (χ3n) is 6.12. The third kappa shape index (κ3) is 6.00. The van der Waals surface area contributed by atoms with Crippen LogP contribution in [-0.4, -0.2) is 45.4 Å². The van der Waals surface area contributed by atoms with E-state index >= 15 is 0 Å². The zero-order chi connectivity index (χ0) is 27.4. The Bertz CT molecular complexity index is 1440. The predicted molar refractivity (Wildman–Crippen MR) is 141 cm³/mol. The van der Waals surface area contributed by atoms with Gasteiger partial charge in [-0.15, -0.1) is 0 Å². The molecule has 196 valence electrons. The molecule has 9 heteroatoms. The molecule has 0 aliphatic rings. The van der Waals surface area contributed by atoms with E-state index in [2.05, 4.69) is 36.2 Å². The largest absolute Gasteiger partial charge is 0.504 e. The van der Waals surface area contributed by atoms with Crippen LogP contribution in [0.4, 0.5) is 0 Å². The lowest BCUT2D eigenvalue weighted by atomic mass is 9.86. The van der Waals surface area contributed by atoms with Crippen molar-refractivity contribution in [1.29, 1.82) is 0 Å². The summed E-state index contributed by atoms with van der Waals surface area (Å²) in [6.07, 6.45) is 0.103. The number of phenols is 1. The van der Waals surface area contributed by atoms with Crippen molar-refractivity contribution in [3.8, 4) is 34.3 Å². The van der Waals surface area contributed by atoms with Crippen LogP contribution in [-0.2, 0) is 16.6 Å². The summed E-state index contributed by atoms with van der Waals surface area (Å²) in [5.41, 5.74) is 3.41. The van der Waals surface area contributed by atoms with E-state index in [0.29, 0.717) is 22.5 Å². The highest BCUT2D eigenvalue weighted by atomic mass is 16.5. The van der Waals surface area contributed by atoms with Crippen LogP contribution in [0.25, 0.3) is 22.8 Å². The number of ether oxygens (including phenoxy) is 1. The Morgan fingerprint density at radius 2 is 1.66 bits per heavy atom. The fourth-order valence-electron chi connectivity index (χ4n) is 3.86. The molecule has 0 aliphatic heterocycles. The number of hydrogen-bond acceptors (Lipinski definition) is 7. The van der Waals surface area contributed by atoms with Gasteiger partial charge in [0.15, 0.2) is 11.5 Å². The minimum Gasteiger partial charge on any atom is -0.504 e. The molecular formula is C29H29N3O6. The molecule has 0 spiro atoms. The standard InChI is InChI=1S/C29H29N3O6/c1-29(2,3)21-12-9-19(10-13-21)26(34)30-22(28(35)36)15-17-5-7-18(8-6-17)25-31-27(38-32-25)20-11-14-23(33)24(16-20)37-4/h5-14,16,22,33H,15H2,1-4H3,(H,30,34)(H,35,36)/t22-/m0/s1. The molecule has 3 aromatic carbocycles. The van der Waals surface area contributed by atoms with Gasteiger partial charge < -0.3 is 24.8 Å². The van der Waals surface area contributed by atoms with Gasteiger partial charge in [0.1, 0.15) is 6.04 Å². The van der Waals surface area contributed by atoms with E-state index < -0.39 is 17.9 Å². The van der Waals surface area contributed by atoms with Crippen molar-refractivity contribution in [2.24, 2.45) is 0 Å². The maximum Gasteiger partial charge on any atom is 0.326 e. The summed E-state index contributed by atoms with van der Waals surface area (Å²) in [6, 6.07) is 17.8. The lowest BCUT2D eigenvalue weighted by Gasteiger charge is -2.19. The predicted octanol–water partition coefficient (Wildman–Crippen LogP) is 4.84. The van der Waals surface area contributed by atoms with Crippen LogP contribution < -0.4 is 10.1 Å². The molecule has 4 aromatic rings. The molecule has 1 atom stereocenters. The zero-order valence-corrected chi connectivity index (χ0v) is 21.6. The molecule has 0 aliphatic carbocycles. The van der Waals surface area contributed by atoms with Crippen LogP contribution in [0.1, 0.15) is 42.3 Å². The molecule has 0 saturated heterocycles. The number of methoxy groups -OCH3 is 1. The van der Waals surface area contributed by atoms with Crippen LogP contribution in [0, 0.1) is 0 Å². The molecule has 0 radical (unpaired) electrons. The molecule has 9 nitrogen and oxygen atoms in total. The molecule has 4 rings (SSSR count). The lowest BCUT2D eigenvalue weighted by Crippen LogP contribution is -2.42. The summed E-state index contributed by atoms with van der Waals surface area (Å²) in [6.45, 7) is 6.25. The first-order chi connectivity index (χ1) is 18.0. The highest BCUT2D eigenvalue weighted by Gasteiger charge is 2.22. The molecule has 1 heterocycles. The Kier molecular flexibility index (Phi) is 7.47. The summed E-state index contributed by atoms with van der Waals surface area (Å²) < 4.78 is 10.5. The van der Waals surface area contributed by atoms with Gasteiger partial charge in [0.25, 0.3) is 11.8 Å². The number of carbonyl (C=O) groups excluding carboxylic acids is 1. The quantitative estimate of drug-likeness (QED) is 0.303. The highest BCUT2D eigenvalue weighted by molar-refractivity contribution is 5.96. The van der Waals surface area contributed by atoms with Crippen LogP contribution in [0.5, 0.6) is 11.5 Å². The average molecular weight is 516 g/mol. The van der Waals surface area contributed by atoms with Gasteiger partial charge in [-0.2, -0.15) is 4.98 Å². The molecule has 1 aromatic heterocycles. The first-order valence-corrected chi connectivity index (χ1v) is 12.0. The number of aromatic nitrogens is 2. The Balaban J connectivity index is 1.44. The van der Waals surface area contributed by atoms with Gasteiger partial charge in [0, 0.05) is 23.1 Å². The van der Waals surface area contributed by atoms with Gasteiger partial charge in [-0.25, -0.2) is 4.79 Å². The minimum absolute atomic E-state index is 0.000809. The van der Waals surface area contributed by atoms with Crippen molar-refractivity contribution >= 4 is 11.9 Å². The third-order valence-corrected chi connectivity index (χ3v) is 6.12. The monoisotopic (exact) mass is 515 g/mol. The lowest BCUT2D eigenvalue weighted by molar-refractivity contribution is -0.139. The van der Waals surface area contributed by atoms with E-state index in [1.807, 2.05) is 12.1 Å². The number of hydrogen-bond donors (Lipinski definition) is 3. The van der Waals surface area contributed by atoms with Crippen LogP contribution in [0.15, 0.2) is 71.3 Å². The van der Waals surface area contributed by atoms with Crippen LogP contribution in [0.3, 0.4) is 0 Å². The van der Waals surface area contributed by atoms with E-state index in [1.54, 1.807) is 48.5 Å². The number of aliphatic carboxylic acids is 1. The van der Waals surface area contributed by atoms with E-state index in [1.165, 1.54) is 13.2 Å². The fourth-order valence-corrected chi connectivity index (χ4v) is 3.86. The van der Waals surface area contributed by atoms with Gasteiger partial charge >= 0.3 is 5.97 Å². The van der Waals surface area contributed by atoms with Crippen LogP contribution in [0.2, 0.25) is 0 Å². The summed E-state index contributed by atoms with van der Waals surface area (Å²) in [7, 11) is 1.45. The number of phenolic OH excluding ortho intramolecular Hbond substituents is 1. The van der Waals surface area contributed by atoms with Crippen molar-refractivity contribution < 1.29 is 29.1 Å². The van der Waals surface area contributed by atoms with Crippen molar-refractivity contribution in [3.05, 3.63) is 83.4 Å². The summed E-state index contributed by atoms with van der Waals surface area (Å²) in [5.74, 6) is -0.679. The second-order valence-electron chi connectivity index (χ2n) is 9.90. The second-order valence-corrected chi connectivity index (χ2v) is 9.90. The van der Waals surface area contributed by atoms with E-state index in [4.69, 9.17) is 9.26 Å². The van der Waals surface area contributed by atoms with Crippen molar-refractivity contribution in [3.63, 3.8) is 0 Å². The summed E-state index contributed by atoms with van der Waals surface area (Å²) in [4.78, 5) is 29.0. The number of carboxylic acid groups (broad SMARTS) is 1. The fraction of sp³-hybridized carbons (Fsp3) is 0.241. The highest BCUT2D eigenvalue weighted by Crippen LogP contribution is 2.31. The Morgan fingerprint density at radius 3 is 2.26 bits per heavy atom. The Hall–Kier alpha value is -4.66. The SMILES string of the molecule is COc1cc(-c2nc(-c3ccc(C[C@H](NC(=O)c4ccc(C(C)(C)C)cc4)C(=O)O)cc3)no2)ccc1O. The maximum absolute atomic E-state index is 12.7. The zero-order valence-electron chi connectivity index (χ0n) is 21.6. The number of nitrogens with one attached hydrogen (secondary N) is 1. The van der Waals surface area contributed by atoms with Gasteiger partial charge in [0.2, 0.25) is 5.82 Å². The van der Waals surface area contributed by atoms with Crippen molar-refractivity contribution in [2.75, 3.05) is 7.11 Å². The number of aromatic hydroxyl groups is 1. The molecule has 1 amide bonds. The number of amides is 1. The smallest absolute Gasteiger partial charge is 0.326 e. The maximum atomic E-state index is 12.7. The first-order valence-electron chi connectivity index (χ1n) is 12.0. The number of benzene rings is 3. The van der Waals surface area contributed by atoms with Crippen LogP contribution >= 0.6 is 0 Å². The van der Waals surface area contributed by atoms with Gasteiger partial charge in [-0.1, -0.05) is 62.3 Å². The molecule has 0 bridgehead atoms. The molecule has 0 unspecified atom stereocenters. The minimum atomic E-state index is -1.12. The second kappa shape index (κ2) is 10.8. The number of nitrogens with zero attached hydrogens (tertiary/aromatic N) is 2. The topological polar surface area (TPSA) is 135 Å². The van der Waals surface area contributed by atoms with E-state index in [-0.39, 0.29) is 29.2 Å². The van der Waals surface area contributed by atoms with Gasteiger partial charge in [0.05, 0.1) is 7.11 Å². The number of carboxylic acids is 1. The number of rotatable bonds is 8. The molecule has 38 heavy (non-hydrogen) atoms. The summed E-state index contributed by atoms with van der Waals surface area (Å²) in [5, 5.41) is 26.1. The van der Waals surface area contributed by atoms with Gasteiger partial charge in [-0.05, 0) is 46.9 Å². The Morgan fingerprint density at radius 1 is 1.00 bits per heavy atom. The van der Waals surface area contributed by atoms with Gasteiger partial charge in [-0.3, -0.25) is 4.79 Å².